The van der Waals surface area contributed by atoms with E-state index in [-0.39, 0.29) is 23.3 Å². The van der Waals surface area contributed by atoms with Crippen molar-refractivity contribution in [3.05, 3.63) is 0 Å². The molecule has 2 aliphatic rings. The minimum Gasteiger partial charge on any atom is -0.444 e. The van der Waals surface area contributed by atoms with Gasteiger partial charge >= 0.3 is 6.09 Å². The van der Waals surface area contributed by atoms with Crippen molar-refractivity contribution in [1.29, 1.82) is 0 Å². The van der Waals surface area contributed by atoms with Crippen LogP contribution in [0, 0.1) is 11.3 Å². The number of carbonyl (C=O) groups excluding carboxylic acids is 2. The molecule has 2 rings (SSSR count). The van der Waals surface area contributed by atoms with E-state index >= 15 is 0 Å². The lowest BCUT2D eigenvalue weighted by Gasteiger charge is -2.39. The summed E-state index contributed by atoms with van der Waals surface area (Å²) in [4.78, 5) is 28.4. The van der Waals surface area contributed by atoms with Crippen LogP contribution in [-0.2, 0) is 9.53 Å². The number of likely N-dealkylation sites (tertiary alicyclic amines) is 2. The Morgan fingerprint density at radius 2 is 1.54 bits per heavy atom. The van der Waals surface area contributed by atoms with Gasteiger partial charge in [0.05, 0.1) is 6.04 Å². The third-order valence-electron chi connectivity index (χ3n) is 5.23. The maximum Gasteiger partial charge on any atom is 0.410 e. The maximum atomic E-state index is 12.5. The van der Waals surface area contributed by atoms with Crippen molar-refractivity contribution in [3.63, 3.8) is 0 Å². The summed E-state index contributed by atoms with van der Waals surface area (Å²) in [5.74, 6) is 0.222. The number of nitrogens with zero attached hydrogens (tertiary/aromatic N) is 2. The average Bonchev–Trinajstić information content (AvgIpc) is 2.88. The van der Waals surface area contributed by atoms with Crippen molar-refractivity contribution in [2.24, 2.45) is 17.1 Å². The van der Waals surface area contributed by atoms with E-state index in [1.807, 2.05) is 39.5 Å². The van der Waals surface area contributed by atoms with Gasteiger partial charge in [-0.15, -0.1) is 0 Å². The van der Waals surface area contributed by atoms with Gasteiger partial charge < -0.3 is 20.3 Å². The highest BCUT2D eigenvalue weighted by Crippen LogP contribution is 2.40. The van der Waals surface area contributed by atoms with Crippen LogP contribution in [0.2, 0.25) is 0 Å². The monoisotopic (exact) mass is 339 g/mol. The van der Waals surface area contributed by atoms with Crippen LogP contribution in [0.15, 0.2) is 0 Å². The van der Waals surface area contributed by atoms with Crippen molar-refractivity contribution in [2.45, 2.75) is 65.5 Å². The second kappa shape index (κ2) is 6.90. The van der Waals surface area contributed by atoms with Gasteiger partial charge in [0.25, 0.3) is 0 Å². The van der Waals surface area contributed by atoms with E-state index in [9.17, 15) is 9.59 Å². The molecule has 6 heteroatoms. The second-order valence-electron chi connectivity index (χ2n) is 8.75. The minimum absolute atomic E-state index is 0.0662. The molecule has 0 aliphatic carbocycles. The van der Waals surface area contributed by atoms with Crippen LogP contribution < -0.4 is 5.73 Å². The van der Waals surface area contributed by atoms with Crippen LogP contribution in [0.5, 0.6) is 0 Å². The van der Waals surface area contributed by atoms with E-state index in [1.165, 1.54) is 0 Å². The lowest BCUT2D eigenvalue weighted by Crippen LogP contribution is -2.48. The Hall–Kier alpha value is -1.30. The standard InChI is InChI=1S/C18H33N3O3/c1-13(2)14(19)15(22)21-11-8-18(12-21)6-9-20(10-7-18)16(23)24-17(3,4)5/h13-14H,6-12,19H2,1-5H3/t14-/m0/s1. The summed E-state index contributed by atoms with van der Waals surface area (Å²) in [7, 11) is 0. The quantitative estimate of drug-likeness (QED) is 0.837. The second-order valence-corrected chi connectivity index (χ2v) is 8.75. The molecule has 2 heterocycles. The molecule has 0 aromatic rings. The fourth-order valence-electron chi connectivity index (χ4n) is 3.52. The number of amides is 2. The van der Waals surface area contributed by atoms with E-state index in [2.05, 4.69) is 0 Å². The summed E-state index contributed by atoms with van der Waals surface area (Å²) in [5, 5.41) is 0. The summed E-state index contributed by atoms with van der Waals surface area (Å²) >= 11 is 0. The Balaban J connectivity index is 1.88. The van der Waals surface area contributed by atoms with Crippen LogP contribution in [0.3, 0.4) is 0 Å². The molecule has 2 N–H and O–H groups in total. The molecule has 2 amide bonds. The number of rotatable bonds is 2. The number of nitrogens with two attached hydrogens (primary N) is 1. The van der Waals surface area contributed by atoms with E-state index in [0.29, 0.717) is 13.1 Å². The number of piperidine rings is 1. The highest BCUT2D eigenvalue weighted by atomic mass is 16.6. The topological polar surface area (TPSA) is 75.9 Å². The van der Waals surface area contributed by atoms with Crippen LogP contribution in [0.1, 0.15) is 53.9 Å². The molecule has 24 heavy (non-hydrogen) atoms. The molecule has 0 saturated carbocycles. The number of ether oxygens (including phenoxy) is 1. The Kier molecular flexibility index (Phi) is 5.47. The number of carbonyl (C=O) groups is 2. The Bertz CT molecular complexity index is 476. The van der Waals surface area contributed by atoms with Crippen LogP contribution in [0.25, 0.3) is 0 Å². The molecular formula is C18H33N3O3. The fourth-order valence-corrected chi connectivity index (χ4v) is 3.52. The molecule has 1 spiro atoms. The molecular weight excluding hydrogens is 306 g/mol. The third-order valence-corrected chi connectivity index (χ3v) is 5.23. The zero-order valence-corrected chi connectivity index (χ0v) is 15.8. The molecule has 2 aliphatic heterocycles. The molecule has 0 unspecified atom stereocenters. The zero-order valence-electron chi connectivity index (χ0n) is 15.8. The predicted octanol–water partition coefficient (Wildman–Crippen LogP) is 2.22. The molecule has 0 bridgehead atoms. The molecule has 0 radical (unpaired) electrons. The minimum atomic E-state index is -0.463. The molecule has 1 atom stereocenters. The lowest BCUT2D eigenvalue weighted by molar-refractivity contribution is -0.133. The van der Waals surface area contributed by atoms with Crippen molar-refractivity contribution in [2.75, 3.05) is 26.2 Å². The molecule has 2 fully saturated rings. The highest BCUT2D eigenvalue weighted by molar-refractivity contribution is 5.82. The first-order valence-electron chi connectivity index (χ1n) is 9.05. The summed E-state index contributed by atoms with van der Waals surface area (Å²) in [6.45, 7) is 12.6. The summed E-state index contributed by atoms with van der Waals surface area (Å²) < 4.78 is 5.45. The fraction of sp³-hybridized carbons (Fsp3) is 0.889. The number of hydrogen-bond donors (Lipinski definition) is 1. The first kappa shape index (κ1) is 19.0. The Morgan fingerprint density at radius 3 is 2.00 bits per heavy atom. The molecule has 6 nitrogen and oxygen atoms in total. The van der Waals surface area contributed by atoms with Gasteiger partial charge in [0, 0.05) is 26.2 Å². The van der Waals surface area contributed by atoms with E-state index in [0.717, 1.165) is 32.4 Å². The molecule has 138 valence electrons. The predicted molar refractivity (Wildman–Crippen MR) is 93.5 cm³/mol. The van der Waals surface area contributed by atoms with Crippen molar-refractivity contribution in [1.82, 2.24) is 9.80 Å². The third kappa shape index (κ3) is 4.41. The zero-order chi connectivity index (χ0) is 18.1. The first-order chi connectivity index (χ1) is 11.0. The van der Waals surface area contributed by atoms with Gasteiger partial charge in [-0.3, -0.25) is 4.79 Å². The lowest BCUT2D eigenvalue weighted by atomic mass is 9.78. The van der Waals surface area contributed by atoms with Gasteiger partial charge in [0.15, 0.2) is 0 Å². The average molecular weight is 339 g/mol. The van der Waals surface area contributed by atoms with Crippen molar-refractivity contribution >= 4 is 12.0 Å². The summed E-state index contributed by atoms with van der Waals surface area (Å²) in [6, 6.07) is -0.415. The van der Waals surface area contributed by atoms with Gasteiger partial charge in [-0.25, -0.2) is 4.79 Å². The van der Waals surface area contributed by atoms with Crippen molar-refractivity contribution in [3.8, 4) is 0 Å². The maximum absolute atomic E-state index is 12.5. The van der Waals surface area contributed by atoms with Gasteiger partial charge in [-0.05, 0) is 51.4 Å². The van der Waals surface area contributed by atoms with Crippen molar-refractivity contribution < 1.29 is 14.3 Å². The summed E-state index contributed by atoms with van der Waals surface area (Å²) in [5.41, 5.74) is 5.70. The molecule has 2 saturated heterocycles. The molecule has 0 aromatic heterocycles. The largest absolute Gasteiger partial charge is 0.444 e. The summed E-state index contributed by atoms with van der Waals surface area (Å²) in [6.07, 6.45) is 2.62. The van der Waals surface area contributed by atoms with Crippen LogP contribution >= 0.6 is 0 Å². The smallest absolute Gasteiger partial charge is 0.410 e. The first-order valence-corrected chi connectivity index (χ1v) is 9.05. The molecule has 0 aromatic carbocycles. The van der Waals surface area contributed by atoms with E-state index < -0.39 is 11.6 Å². The Morgan fingerprint density at radius 1 is 1.04 bits per heavy atom. The van der Waals surface area contributed by atoms with Crippen LogP contribution in [-0.4, -0.2) is 59.6 Å². The van der Waals surface area contributed by atoms with Gasteiger partial charge in [0.2, 0.25) is 5.91 Å². The number of hydrogen-bond acceptors (Lipinski definition) is 4. The van der Waals surface area contributed by atoms with Gasteiger partial charge in [-0.2, -0.15) is 0 Å². The van der Waals surface area contributed by atoms with E-state index in [1.54, 1.807) is 4.90 Å². The Labute approximate surface area is 145 Å². The van der Waals surface area contributed by atoms with E-state index in [4.69, 9.17) is 10.5 Å². The SMILES string of the molecule is CC(C)[C@H](N)C(=O)N1CCC2(CCN(C(=O)OC(C)(C)C)CC2)C1. The van der Waals surface area contributed by atoms with Gasteiger partial charge in [-0.1, -0.05) is 13.8 Å². The van der Waals surface area contributed by atoms with Crippen LogP contribution in [0.4, 0.5) is 4.79 Å². The highest BCUT2D eigenvalue weighted by Gasteiger charge is 2.44. The van der Waals surface area contributed by atoms with Gasteiger partial charge in [0.1, 0.15) is 5.60 Å². The normalized spacial score (nSPS) is 22.1.